The van der Waals surface area contributed by atoms with Crippen LogP contribution in [0.3, 0.4) is 0 Å². The number of para-hydroxylation sites is 3. The highest BCUT2D eigenvalue weighted by molar-refractivity contribution is 7.99. The lowest BCUT2D eigenvalue weighted by atomic mass is 10.1. The first-order valence-electron chi connectivity index (χ1n) is 10.3. The zero-order valence-electron chi connectivity index (χ0n) is 17.4. The largest absolute Gasteiger partial charge is 0.285 e. The second-order valence-electron chi connectivity index (χ2n) is 7.50. The van der Waals surface area contributed by atoms with E-state index in [0.29, 0.717) is 10.7 Å². The van der Waals surface area contributed by atoms with Gasteiger partial charge in [-0.15, -0.1) is 0 Å². The third kappa shape index (κ3) is 3.70. The fraction of sp³-hybridized carbons (Fsp3) is 0.0370. The number of carbonyl (C=O) groups is 1. The van der Waals surface area contributed by atoms with E-state index in [4.69, 9.17) is 12.2 Å². The maximum Gasteiger partial charge on any atom is 0.264 e. The summed E-state index contributed by atoms with van der Waals surface area (Å²) in [5.41, 5.74) is 4.37. The quantitative estimate of drug-likeness (QED) is 0.299. The van der Waals surface area contributed by atoms with Crippen molar-refractivity contribution in [2.45, 2.75) is 16.7 Å². The van der Waals surface area contributed by atoms with Crippen LogP contribution in [0.25, 0.3) is 0 Å². The Morgan fingerprint density at radius 2 is 1.28 bits per heavy atom. The number of amides is 1. The highest BCUT2D eigenvalue weighted by atomic mass is 32.2. The molecule has 0 N–H and O–H groups in total. The van der Waals surface area contributed by atoms with Crippen molar-refractivity contribution in [3.05, 3.63) is 114 Å². The molecule has 5 heteroatoms. The molecule has 0 fully saturated rings. The van der Waals surface area contributed by atoms with Crippen LogP contribution in [0, 0.1) is 6.92 Å². The molecule has 0 bridgehead atoms. The van der Waals surface area contributed by atoms with Gasteiger partial charge in [0.05, 0.1) is 17.1 Å². The minimum Gasteiger partial charge on any atom is -0.285 e. The smallest absolute Gasteiger partial charge is 0.264 e. The minimum atomic E-state index is -0.158. The van der Waals surface area contributed by atoms with Crippen molar-refractivity contribution >= 4 is 52.1 Å². The number of hydrogen-bond donors (Lipinski definition) is 0. The van der Waals surface area contributed by atoms with E-state index >= 15 is 0 Å². The maximum absolute atomic E-state index is 13.8. The number of anilines is 3. The fourth-order valence-corrected chi connectivity index (χ4v) is 5.17. The Balaban J connectivity index is 1.65. The predicted octanol–water partition coefficient (Wildman–Crippen LogP) is 7.23. The average molecular weight is 453 g/mol. The van der Waals surface area contributed by atoms with Gasteiger partial charge in [0.15, 0.2) is 5.11 Å². The van der Waals surface area contributed by atoms with Crippen LogP contribution in [0.15, 0.2) is 113 Å². The number of rotatable bonds is 2. The number of benzene rings is 4. The van der Waals surface area contributed by atoms with Crippen LogP contribution in [-0.4, -0.2) is 11.0 Å². The molecule has 0 spiro atoms. The highest BCUT2D eigenvalue weighted by Gasteiger charge is 2.32. The summed E-state index contributed by atoms with van der Waals surface area (Å²) in [6, 6.07) is 33.5. The second-order valence-corrected chi connectivity index (χ2v) is 8.95. The Bertz CT molecular complexity index is 1260. The monoisotopic (exact) mass is 452 g/mol. The summed E-state index contributed by atoms with van der Waals surface area (Å²) < 4.78 is 0. The van der Waals surface area contributed by atoms with Gasteiger partial charge < -0.3 is 0 Å². The molecule has 0 unspecified atom stereocenters. The van der Waals surface area contributed by atoms with Crippen LogP contribution in [0.4, 0.5) is 17.1 Å². The Kier molecular flexibility index (Phi) is 5.52. The summed E-state index contributed by atoms with van der Waals surface area (Å²) in [5.74, 6) is -0.158. The lowest BCUT2D eigenvalue weighted by molar-refractivity contribution is 0.100. The van der Waals surface area contributed by atoms with Crippen molar-refractivity contribution in [3.8, 4) is 0 Å². The number of hydrogen-bond acceptors (Lipinski definition) is 3. The van der Waals surface area contributed by atoms with Gasteiger partial charge in [0.2, 0.25) is 0 Å². The summed E-state index contributed by atoms with van der Waals surface area (Å²) in [6.45, 7) is 2.01. The Morgan fingerprint density at radius 1 is 0.750 bits per heavy atom. The van der Waals surface area contributed by atoms with E-state index in [1.807, 2.05) is 103 Å². The van der Waals surface area contributed by atoms with Crippen LogP contribution in [0.2, 0.25) is 0 Å². The molecule has 1 amide bonds. The summed E-state index contributed by atoms with van der Waals surface area (Å²) in [7, 11) is 0. The van der Waals surface area contributed by atoms with Crippen LogP contribution in [0.5, 0.6) is 0 Å². The Labute approximate surface area is 197 Å². The normalized spacial score (nSPS) is 12.0. The molecule has 0 saturated heterocycles. The minimum absolute atomic E-state index is 0.158. The van der Waals surface area contributed by atoms with Gasteiger partial charge in [-0.1, -0.05) is 71.9 Å². The van der Waals surface area contributed by atoms with Crippen LogP contribution >= 0.6 is 24.0 Å². The van der Waals surface area contributed by atoms with Gasteiger partial charge in [0, 0.05) is 15.4 Å². The fourth-order valence-electron chi connectivity index (χ4n) is 3.73. The molecule has 5 rings (SSSR count). The van der Waals surface area contributed by atoms with E-state index in [9.17, 15) is 4.79 Å². The van der Waals surface area contributed by atoms with Gasteiger partial charge in [0.25, 0.3) is 5.91 Å². The molecule has 0 atom stereocenters. The zero-order chi connectivity index (χ0) is 22.1. The number of nitrogens with zero attached hydrogens (tertiary/aromatic N) is 2. The molecular formula is C27H20N2OS2. The van der Waals surface area contributed by atoms with E-state index in [2.05, 4.69) is 12.1 Å². The molecule has 0 aromatic heterocycles. The van der Waals surface area contributed by atoms with Gasteiger partial charge in [-0.25, -0.2) is 0 Å². The van der Waals surface area contributed by atoms with E-state index < -0.39 is 0 Å². The molecule has 4 aromatic rings. The van der Waals surface area contributed by atoms with Crippen molar-refractivity contribution in [3.63, 3.8) is 0 Å². The summed E-state index contributed by atoms with van der Waals surface area (Å²) >= 11 is 7.77. The molecule has 4 aromatic carbocycles. The van der Waals surface area contributed by atoms with Crippen molar-refractivity contribution in [1.29, 1.82) is 0 Å². The molecule has 0 aliphatic carbocycles. The molecule has 32 heavy (non-hydrogen) atoms. The third-order valence-electron chi connectivity index (χ3n) is 5.33. The molecule has 1 aliphatic heterocycles. The molecule has 0 saturated carbocycles. The molecular weight excluding hydrogens is 432 g/mol. The van der Waals surface area contributed by atoms with Crippen LogP contribution in [-0.2, 0) is 0 Å². The van der Waals surface area contributed by atoms with Crippen molar-refractivity contribution < 1.29 is 4.79 Å². The molecule has 3 nitrogen and oxygen atoms in total. The maximum atomic E-state index is 13.8. The van der Waals surface area contributed by atoms with Crippen LogP contribution in [0.1, 0.15) is 15.9 Å². The van der Waals surface area contributed by atoms with Gasteiger partial charge in [-0.3, -0.25) is 14.6 Å². The van der Waals surface area contributed by atoms with E-state index in [0.717, 1.165) is 32.4 Å². The van der Waals surface area contributed by atoms with Crippen molar-refractivity contribution in [1.82, 2.24) is 0 Å². The van der Waals surface area contributed by atoms with Gasteiger partial charge in [-0.05, 0) is 67.7 Å². The highest BCUT2D eigenvalue weighted by Crippen LogP contribution is 2.48. The molecule has 156 valence electrons. The van der Waals surface area contributed by atoms with Gasteiger partial charge in [-0.2, -0.15) is 0 Å². The standard InChI is InChI=1S/C27H20N2OS2/c1-19-15-17-20(18-16-19)26(30)28(21-9-3-2-4-10-21)27(31)29-22-11-5-7-13-24(22)32-25-14-8-6-12-23(25)29/h2-18H,1H3. The molecule has 0 radical (unpaired) electrons. The van der Waals surface area contributed by atoms with E-state index in [1.54, 1.807) is 16.7 Å². The average Bonchev–Trinajstić information content (AvgIpc) is 2.83. The first-order chi connectivity index (χ1) is 15.6. The summed E-state index contributed by atoms with van der Waals surface area (Å²) in [5, 5.41) is 0.418. The topological polar surface area (TPSA) is 23.6 Å². The first-order valence-corrected chi connectivity index (χ1v) is 11.5. The van der Waals surface area contributed by atoms with E-state index in [1.165, 1.54) is 0 Å². The SMILES string of the molecule is Cc1ccc(C(=O)N(C(=S)N2c3ccccc3Sc3ccccc32)c2ccccc2)cc1. The Morgan fingerprint density at radius 3 is 1.88 bits per heavy atom. The number of carbonyl (C=O) groups excluding carboxylic acids is 1. The molecule has 1 aliphatic rings. The second kappa shape index (κ2) is 8.61. The third-order valence-corrected chi connectivity index (χ3v) is 6.83. The number of thiocarbonyl (C=S) groups is 1. The summed E-state index contributed by atoms with van der Waals surface area (Å²) in [6.07, 6.45) is 0. The lowest BCUT2D eigenvalue weighted by Gasteiger charge is -2.36. The number of aryl methyl sites for hydroxylation is 1. The first kappa shape index (κ1) is 20.5. The van der Waals surface area contributed by atoms with E-state index in [-0.39, 0.29) is 5.91 Å². The summed E-state index contributed by atoms with van der Waals surface area (Å²) in [4.78, 5) is 19.6. The Hall–Kier alpha value is -3.41. The van der Waals surface area contributed by atoms with Gasteiger partial charge >= 0.3 is 0 Å². The number of fused-ring (bicyclic) bond motifs is 2. The molecule has 1 heterocycles. The van der Waals surface area contributed by atoms with Crippen molar-refractivity contribution in [2.24, 2.45) is 0 Å². The van der Waals surface area contributed by atoms with Crippen molar-refractivity contribution in [2.75, 3.05) is 9.80 Å². The zero-order valence-corrected chi connectivity index (χ0v) is 19.1. The van der Waals surface area contributed by atoms with Crippen LogP contribution < -0.4 is 9.80 Å². The lowest BCUT2D eigenvalue weighted by Crippen LogP contribution is -2.45. The predicted molar refractivity (Wildman–Crippen MR) is 136 cm³/mol. The van der Waals surface area contributed by atoms with Gasteiger partial charge in [0.1, 0.15) is 0 Å².